The van der Waals surface area contributed by atoms with E-state index in [2.05, 4.69) is 89.6 Å². The van der Waals surface area contributed by atoms with Gasteiger partial charge in [-0.3, -0.25) is 9.69 Å². The number of fused-ring (bicyclic) bond motifs is 1. The topological polar surface area (TPSA) is 35.6 Å². The molecule has 5 rings (SSSR count). The summed E-state index contributed by atoms with van der Waals surface area (Å²) in [7, 11) is 0. The molecule has 2 saturated heterocycles. The zero-order chi connectivity index (χ0) is 24.2. The van der Waals surface area contributed by atoms with Crippen LogP contribution in [-0.4, -0.2) is 48.4 Å². The second-order valence-corrected chi connectivity index (χ2v) is 10.9. The first kappa shape index (κ1) is 24.0. The fourth-order valence-corrected chi connectivity index (χ4v) is 6.18. The largest absolute Gasteiger partial charge is 0.352 e. The lowest BCUT2D eigenvalue weighted by Gasteiger charge is -2.38. The molecule has 1 N–H and O–H groups in total. The van der Waals surface area contributed by atoms with Gasteiger partial charge in [0.05, 0.1) is 5.92 Å². The first-order valence-electron chi connectivity index (χ1n) is 13.3. The van der Waals surface area contributed by atoms with E-state index >= 15 is 0 Å². The molecule has 4 nitrogen and oxygen atoms in total. The number of rotatable bonds is 7. The van der Waals surface area contributed by atoms with Crippen LogP contribution in [0.3, 0.4) is 0 Å². The van der Waals surface area contributed by atoms with Gasteiger partial charge in [-0.25, -0.2) is 0 Å². The van der Waals surface area contributed by atoms with E-state index in [4.69, 9.17) is 0 Å². The smallest absolute Gasteiger partial charge is 0.224 e. The van der Waals surface area contributed by atoms with Crippen LogP contribution in [0.4, 0.5) is 0 Å². The van der Waals surface area contributed by atoms with Crippen molar-refractivity contribution in [1.82, 2.24) is 15.1 Å². The highest BCUT2D eigenvalue weighted by atomic mass is 16.1. The van der Waals surface area contributed by atoms with Crippen molar-refractivity contribution >= 4 is 16.7 Å². The van der Waals surface area contributed by atoms with Crippen LogP contribution in [0.15, 0.2) is 60.7 Å². The van der Waals surface area contributed by atoms with Gasteiger partial charge in [0.1, 0.15) is 0 Å². The molecule has 3 aromatic carbocycles. The summed E-state index contributed by atoms with van der Waals surface area (Å²) in [5, 5.41) is 5.84. The minimum atomic E-state index is 0.0442. The maximum absolute atomic E-state index is 13.3. The van der Waals surface area contributed by atoms with Gasteiger partial charge in [-0.2, -0.15) is 0 Å². The Morgan fingerprint density at radius 2 is 1.60 bits per heavy atom. The maximum Gasteiger partial charge on any atom is 0.224 e. The molecule has 0 unspecified atom stereocenters. The molecule has 2 aliphatic rings. The monoisotopic (exact) mass is 469 g/mol. The Kier molecular flexibility index (Phi) is 7.50. The molecule has 3 aromatic rings. The lowest BCUT2D eigenvalue weighted by atomic mass is 9.87. The molecule has 4 heteroatoms. The van der Waals surface area contributed by atoms with E-state index < -0.39 is 0 Å². The number of benzene rings is 3. The van der Waals surface area contributed by atoms with Crippen LogP contribution in [-0.2, 0) is 17.9 Å². The lowest BCUT2D eigenvalue weighted by molar-refractivity contribution is -0.127. The minimum absolute atomic E-state index is 0.0442. The zero-order valence-electron chi connectivity index (χ0n) is 21.3. The molecule has 0 aliphatic carbocycles. The molecule has 0 radical (unpaired) electrons. The molecule has 0 saturated carbocycles. The summed E-state index contributed by atoms with van der Waals surface area (Å²) in [5.41, 5.74) is 5.02. The van der Waals surface area contributed by atoms with Gasteiger partial charge in [0.25, 0.3) is 0 Å². The zero-order valence-corrected chi connectivity index (χ0v) is 21.3. The highest BCUT2D eigenvalue weighted by molar-refractivity contribution is 5.83. The van der Waals surface area contributed by atoms with Crippen molar-refractivity contribution in [2.24, 2.45) is 11.8 Å². The first-order valence-corrected chi connectivity index (χ1v) is 13.3. The van der Waals surface area contributed by atoms with E-state index in [-0.39, 0.29) is 11.8 Å². The van der Waals surface area contributed by atoms with Gasteiger partial charge in [0.2, 0.25) is 5.91 Å². The van der Waals surface area contributed by atoms with E-state index in [0.717, 1.165) is 32.6 Å². The number of likely N-dealkylation sites (tertiary alicyclic amines) is 2. The van der Waals surface area contributed by atoms with E-state index in [1.807, 2.05) is 0 Å². The Balaban J connectivity index is 1.27. The Hall–Kier alpha value is -2.69. The van der Waals surface area contributed by atoms with Crippen molar-refractivity contribution in [3.63, 3.8) is 0 Å². The predicted molar refractivity (Wildman–Crippen MR) is 144 cm³/mol. The second kappa shape index (κ2) is 10.9. The van der Waals surface area contributed by atoms with Crippen molar-refractivity contribution in [1.29, 1.82) is 0 Å². The van der Waals surface area contributed by atoms with Gasteiger partial charge in [0, 0.05) is 32.7 Å². The van der Waals surface area contributed by atoms with Crippen molar-refractivity contribution in [2.75, 3.05) is 32.7 Å². The summed E-state index contributed by atoms with van der Waals surface area (Å²) in [6.45, 7) is 11.2. The number of hydrogen-bond donors (Lipinski definition) is 1. The summed E-state index contributed by atoms with van der Waals surface area (Å²) < 4.78 is 0. The summed E-state index contributed by atoms with van der Waals surface area (Å²) in [4.78, 5) is 18.5. The molecular formula is C31H39N3O. The number of hydrogen-bond acceptors (Lipinski definition) is 3. The molecule has 0 bridgehead atoms. The number of piperidine rings is 1. The molecule has 2 heterocycles. The van der Waals surface area contributed by atoms with Crippen molar-refractivity contribution in [3.8, 4) is 0 Å². The van der Waals surface area contributed by atoms with Crippen LogP contribution in [0.2, 0.25) is 0 Å². The first-order chi connectivity index (χ1) is 17.0. The van der Waals surface area contributed by atoms with Crippen LogP contribution < -0.4 is 5.32 Å². The Labute approximate surface area is 210 Å². The SMILES string of the molecule is Cc1cc(C)cc(CNC(=O)[C@@H]2C[C@H](CN3CCCC3)CN(Cc3ccc4ccccc4c3)C2)c1. The van der Waals surface area contributed by atoms with Crippen molar-refractivity contribution < 1.29 is 4.79 Å². The average Bonchev–Trinajstić information content (AvgIpc) is 3.35. The Morgan fingerprint density at radius 1 is 0.857 bits per heavy atom. The van der Waals surface area contributed by atoms with Gasteiger partial charge in [-0.1, -0.05) is 65.7 Å². The molecule has 2 aliphatic heterocycles. The molecular weight excluding hydrogens is 430 g/mol. The van der Waals surface area contributed by atoms with Crippen LogP contribution in [0.1, 0.15) is 41.5 Å². The van der Waals surface area contributed by atoms with Crippen molar-refractivity contribution in [3.05, 3.63) is 82.9 Å². The Bertz CT molecular complexity index is 1150. The molecule has 0 spiro atoms. The number of carbonyl (C=O) groups excluding carboxylic acids is 1. The van der Waals surface area contributed by atoms with Crippen LogP contribution in [0.25, 0.3) is 10.8 Å². The van der Waals surface area contributed by atoms with Crippen LogP contribution >= 0.6 is 0 Å². The standard InChI is InChI=1S/C31H39N3O/c1-23-13-24(2)15-26(14-23)18-32-31(35)30-17-27(20-33-11-5-6-12-33)21-34(22-30)19-25-9-10-28-7-3-4-8-29(28)16-25/h3-4,7-10,13-16,27,30H,5-6,11-12,17-22H2,1-2H3,(H,32,35)/t27-,30-/m1/s1. The molecule has 0 aromatic heterocycles. The van der Waals surface area contributed by atoms with Gasteiger partial charge < -0.3 is 10.2 Å². The number of nitrogens with zero attached hydrogens (tertiary/aromatic N) is 2. The second-order valence-electron chi connectivity index (χ2n) is 10.9. The number of carbonyl (C=O) groups is 1. The highest BCUT2D eigenvalue weighted by Gasteiger charge is 2.33. The summed E-state index contributed by atoms with van der Waals surface area (Å²) in [6, 6.07) is 21.9. The van der Waals surface area contributed by atoms with E-state index in [9.17, 15) is 4.79 Å². The maximum atomic E-state index is 13.3. The fourth-order valence-electron chi connectivity index (χ4n) is 6.18. The quantitative estimate of drug-likeness (QED) is 0.510. The Morgan fingerprint density at radius 3 is 2.37 bits per heavy atom. The van der Waals surface area contributed by atoms with Gasteiger partial charge in [-0.05, 0) is 80.1 Å². The minimum Gasteiger partial charge on any atom is -0.352 e. The van der Waals surface area contributed by atoms with Gasteiger partial charge in [-0.15, -0.1) is 0 Å². The van der Waals surface area contributed by atoms with Gasteiger partial charge in [0.15, 0.2) is 0 Å². The van der Waals surface area contributed by atoms with E-state index in [1.54, 1.807) is 0 Å². The van der Waals surface area contributed by atoms with Gasteiger partial charge >= 0.3 is 0 Å². The third-order valence-electron chi connectivity index (χ3n) is 7.67. The summed E-state index contributed by atoms with van der Waals surface area (Å²) >= 11 is 0. The third kappa shape index (κ3) is 6.31. The summed E-state index contributed by atoms with van der Waals surface area (Å²) in [6.07, 6.45) is 3.62. The van der Waals surface area contributed by atoms with Crippen LogP contribution in [0, 0.1) is 25.7 Å². The molecule has 184 valence electrons. The number of nitrogens with one attached hydrogen (secondary N) is 1. The average molecular weight is 470 g/mol. The number of amides is 1. The molecule has 2 atom stereocenters. The van der Waals surface area contributed by atoms with Crippen molar-refractivity contribution in [2.45, 2.75) is 46.2 Å². The highest BCUT2D eigenvalue weighted by Crippen LogP contribution is 2.27. The molecule has 1 amide bonds. The molecule has 35 heavy (non-hydrogen) atoms. The predicted octanol–water partition coefficient (Wildman–Crippen LogP) is 5.31. The number of aryl methyl sites for hydroxylation is 2. The van der Waals surface area contributed by atoms with E-state index in [1.165, 1.54) is 59.0 Å². The lowest BCUT2D eigenvalue weighted by Crippen LogP contribution is -2.48. The third-order valence-corrected chi connectivity index (χ3v) is 7.67. The normalized spacial score (nSPS) is 21.4. The molecule has 2 fully saturated rings. The summed E-state index contributed by atoms with van der Waals surface area (Å²) in [5.74, 6) is 0.792. The van der Waals surface area contributed by atoms with Crippen LogP contribution in [0.5, 0.6) is 0 Å². The fraction of sp³-hybridized carbons (Fsp3) is 0.452. The van der Waals surface area contributed by atoms with E-state index in [0.29, 0.717) is 12.5 Å².